The van der Waals surface area contributed by atoms with Crippen molar-refractivity contribution in [1.29, 1.82) is 0 Å². The minimum atomic E-state index is 0.00895. The van der Waals surface area contributed by atoms with Gasteiger partial charge in [-0.15, -0.1) is 0 Å². The van der Waals surface area contributed by atoms with Crippen LogP contribution in [0.5, 0.6) is 5.75 Å². The zero-order valence-corrected chi connectivity index (χ0v) is 18.6. The molecule has 1 saturated carbocycles. The summed E-state index contributed by atoms with van der Waals surface area (Å²) in [5.41, 5.74) is 4.65. The molecule has 2 aromatic rings. The first-order chi connectivity index (χ1) is 15.2. The number of rotatable bonds is 6. The number of anilines is 1. The van der Waals surface area contributed by atoms with Crippen LogP contribution in [0.2, 0.25) is 0 Å². The highest BCUT2D eigenvalue weighted by Crippen LogP contribution is 2.49. The SMILES string of the molecule is COc1cc2c(cc1CNC1CCCNC1c1ccccc1)N(C)C(=O)C2C1CCC1. The van der Waals surface area contributed by atoms with E-state index in [9.17, 15) is 4.79 Å². The van der Waals surface area contributed by atoms with Crippen LogP contribution in [0, 0.1) is 5.92 Å². The molecular weight excluding hydrogens is 386 g/mol. The third-order valence-electron chi connectivity index (χ3n) is 7.52. The molecule has 0 radical (unpaired) electrons. The van der Waals surface area contributed by atoms with Gasteiger partial charge in [-0.1, -0.05) is 36.8 Å². The smallest absolute Gasteiger partial charge is 0.234 e. The molecule has 2 aliphatic heterocycles. The molecule has 0 spiro atoms. The fourth-order valence-corrected chi connectivity index (χ4v) is 5.54. The van der Waals surface area contributed by atoms with Crippen molar-refractivity contribution in [3.05, 3.63) is 59.2 Å². The van der Waals surface area contributed by atoms with Gasteiger partial charge in [-0.25, -0.2) is 0 Å². The minimum Gasteiger partial charge on any atom is -0.496 e. The molecule has 5 heteroatoms. The zero-order chi connectivity index (χ0) is 21.4. The van der Waals surface area contributed by atoms with Crippen LogP contribution in [0.1, 0.15) is 60.8 Å². The van der Waals surface area contributed by atoms with Crippen molar-refractivity contribution in [1.82, 2.24) is 10.6 Å². The Morgan fingerprint density at radius 3 is 2.65 bits per heavy atom. The summed E-state index contributed by atoms with van der Waals surface area (Å²) < 4.78 is 5.79. The molecule has 1 amide bonds. The van der Waals surface area contributed by atoms with E-state index in [0.717, 1.165) is 54.9 Å². The molecule has 3 aliphatic rings. The molecule has 3 atom stereocenters. The van der Waals surface area contributed by atoms with Gasteiger partial charge in [0.2, 0.25) is 5.91 Å². The number of nitrogens with one attached hydrogen (secondary N) is 2. The van der Waals surface area contributed by atoms with E-state index in [-0.39, 0.29) is 11.8 Å². The minimum absolute atomic E-state index is 0.00895. The number of hydrogen-bond donors (Lipinski definition) is 2. The standard InChI is InChI=1S/C26H33N3O2/c1-29-22-14-19(23(31-2)15-20(22)24(26(29)30)17-10-6-11-17)16-28-21-12-7-13-27-25(21)18-8-4-3-5-9-18/h3-5,8-9,14-15,17,21,24-25,27-28H,6-7,10-13,16H2,1-2H3. The van der Waals surface area contributed by atoms with Crippen molar-refractivity contribution < 1.29 is 9.53 Å². The van der Waals surface area contributed by atoms with Gasteiger partial charge in [-0.2, -0.15) is 0 Å². The number of carbonyl (C=O) groups is 1. The number of ether oxygens (including phenoxy) is 1. The lowest BCUT2D eigenvalue weighted by Gasteiger charge is -2.34. The van der Waals surface area contributed by atoms with Gasteiger partial charge >= 0.3 is 0 Å². The number of fused-ring (bicyclic) bond motifs is 1. The molecule has 31 heavy (non-hydrogen) atoms. The predicted octanol–water partition coefficient (Wildman–Crippen LogP) is 4.14. The summed E-state index contributed by atoms with van der Waals surface area (Å²) in [6.07, 6.45) is 5.87. The molecule has 5 rings (SSSR count). The Hall–Kier alpha value is -2.37. The Morgan fingerprint density at radius 2 is 1.94 bits per heavy atom. The van der Waals surface area contributed by atoms with E-state index in [1.807, 2.05) is 11.9 Å². The number of amides is 1. The van der Waals surface area contributed by atoms with E-state index < -0.39 is 0 Å². The maximum absolute atomic E-state index is 13.0. The fraction of sp³-hybridized carbons (Fsp3) is 0.500. The summed E-state index contributed by atoms with van der Waals surface area (Å²) in [5.74, 6) is 1.63. The fourth-order valence-electron chi connectivity index (χ4n) is 5.54. The van der Waals surface area contributed by atoms with Gasteiger partial charge in [0.1, 0.15) is 5.75 Å². The topological polar surface area (TPSA) is 53.6 Å². The normalized spacial score (nSPS) is 25.9. The number of methoxy groups -OCH3 is 1. The highest BCUT2D eigenvalue weighted by atomic mass is 16.5. The van der Waals surface area contributed by atoms with Crippen LogP contribution in [-0.4, -0.2) is 32.7 Å². The van der Waals surface area contributed by atoms with Crippen molar-refractivity contribution in [2.24, 2.45) is 5.92 Å². The van der Waals surface area contributed by atoms with Gasteiger partial charge in [0, 0.05) is 36.9 Å². The van der Waals surface area contributed by atoms with Crippen LogP contribution in [-0.2, 0) is 11.3 Å². The maximum atomic E-state index is 13.0. The molecule has 2 aromatic carbocycles. The molecule has 0 bridgehead atoms. The first-order valence-electron chi connectivity index (χ1n) is 11.7. The van der Waals surface area contributed by atoms with Crippen LogP contribution in [0.15, 0.2) is 42.5 Å². The average molecular weight is 420 g/mol. The van der Waals surface area contributed by atoms with Crippen molar-refractivity contribution in [2.75, 3.05) is 25.6 Å². The molecule has 2 N–H and O–H groups in total. The zero-order valence-electron chi connectivity index (χ0n) is 18.6. The van der Waals surface area contributed by atoms with E-state index in [4.69, 9.17) is 4.74 Å². The van der Waals surface area contributed by atoms with Gasteiger partial charge in [0.05, 0.1) is 13.0 Å². The Bertz CT molecular complexity index is 941. The molecule has 0 aromatic heterocycles. The Kier molecular flexibility index (Phi) is 5.72. The van der Waals surface area contributed by atoms with Crippen molar-refractivity contribution in [3.63, 3.8) is 0 Å². The highest BCUT2D eigenvalue weighted by molar-refractivity contribution is 6.05. The van der Waals surface area contributed by atoms with Crippen LogP contribution < -0.4 is 20.3 Å². The monoisotopic (exact) mass is 419 g/mol. The predicted molar refractivity (Wildman–Crippen MR) is 124 cm³/mol. The van der Waals surface area contributed by atoms with Crippen molar-refractivity contribution in [3.8, 4) is 5.75 Å². The lowest BCUT2D eigenvalue weighted by molar-refractivity contribution is -0.120. The lowest BCUT2D eigenvalue weighted by Crippen LogP contribution is -2.45. The van der Waals surface area contributed by atoms with E-state index in [1.165, 1.54) is 18.4 Å². The number of benzene rings is 2. The number of piperidine rings is 1. The highest BCUT2D eigenvalue weighted by Gasteiger charge is 2.43. The van der Waals surface area contributed by atoms with Crippen LogP contribution >= 0.6 is 0 Å². The van der Waals surface area contributed by atoms with Gasteiger partial charge in [0.15, 0.2) is 0 Å². The average Bonchev–Trinajstić information content (AvgIpc) is 3.01. The number of nitrogens with zero attached hydrogens (tertiary/aromatic N) is 1. The molecule has 2 heterocycles. The first kappa shape index (κ1) is 20.5. The van der Waals surface area contributed by atoms with Gasteiger partial charge in [-0.05, 0) is 61.4 Å². The van der Waals surface area contributed by atoms with Crippen molar-refractivity contribution >= 4 is 11.6 Å². The Balaban J connectivity index is 1.38. The van der Waals surface area contributed by atoms with E-state index in [2.05, 4.69) is 53.1 Å². The van der Waals surface area contributed by atoms with E-state index >= 15 is 0 Å². The van der Waals surface area contributed by atoms with E-state index in [1.54, 1.807) is 7.11 Å². The van der Waals surface area contributed by atoms with E-state index in [0.29, 0.717) is 18.0 Å². The molecular formula is C26H33N3O2. The lowest BCUT2D eigenvalue weighted by atomic mass is 9.73. The van der Waals surface area contributed by atoms with Gasteiger partial charge in [-0.3, -0.25) is 4.79 Å². The van der Waals surface area contributed by atoms with Crippen molar-refractivity contribution in [2.45, 2.75) is 56.7 Å². The van der Waals surface area contributed by atoms with Gasteiger partial charge < -0.3 is 20.3 Å². The summed E-state index contributed by atoms with van der Waals surface area (Å²) in [4.78, 5) is 14.8. The summed E-state index contributed by atoms with van der Waals surface area (Å²) in [7, 11) is 3.65. The summed E-state index contributed by atoms with van der Waals surface area (Å²) >= 11 is 0. The molecule has 5 nitrogen and oxygen atoms in total. The quantitative estimate of drug-likeness (QED) is 0.739. The molecule has 3 unspecified atom stereocenters. The second-order valence-corrected chi connectivity index (χ2v) is 9.26. The maximum Gasteiger partial charge on any atom is 0.234 e. The second kappa shape index (κ2) is 8.64. The number of likely N-dealkylation sites (N-methyl/N-ethyl adjacent to an activating group) is 1. The summed E-state index contributed by atoms with van der Waals surface area (Å²) in [5, 5.41) is 7.48. The van der Waals surface area contributed by atoms with Crippen LogP contribution in [0.25, 0.3) is 0 Å². The number of hydrogen-bond acceptors (Lipinski definition) is 4. The van der Waals surface area contributed by atoms with Gasteiger partial charge in [0.25, 0.3) is 0 Å². The molecule has 1 saturated heterocycles. The first-order valence-corrected chi connectivity index (χ1v) is 11.7. The number of carbonyl (C=O) groups excluding carboxylic acids is 1. The Labute approximate surface area is 185 Å². The second-order valence-electron chi connectivity index (χ2n) is 9.26. The third-order valence-corrected chi connectivity index (χ3v) is 7.52. The van der Waals surface area contributed by atoms with Crippen LogP contribution in [0.4, 0.5) is 5.69 Å². The molecule has 1 aliphatic carbocycles. The Morgan fingerprint density at radius 1 is 1.13 bits per heavy atom. The van der Waals surface area contributed by atoms with Crippen LogP contribution in [0.3, 0.4) is 0 Å². The third kappa shape index (κ3) is 3.74. The summed E-state index contributed by atoms with van der Waals surface area (Å²) in [6.45, 7) is 1.78. The largest absolute Gasteiger partial charge is 0.496 e. The molecule has 2 fully saturated rings. The summed E-state index contributed by atoms with van der Waals surface area (Å²) in [6, 6.07) is 15.7. The molecule has 164 valence electrons.